The van der Waals surface area contributed by atoms with Crippen LogP contribution in [0.4, 0.5) is 4.39 Å². The Hall–Kier alpha value is -0.930. The van der Waals surface area contributed by atoms with Gasteiger partial charge in [-0.2, -0.15) is 0 Å². The van der Waals surface area contributed by atoms with E-state index in [9.17, 15) is 4.39 Å². The van der Waals surface area contributed by atoms with Crippen LogP contribution < -0.4 is 5.32 Å². The maximum Gasteiger partial charge on any atom is 0.128 e. The fourth-order valence-electron chi connectivity index (χ4n) is 2.87. The van der Waals surface area contributed by atoms with Gasteiger partial charge in [-0.15, -0.1) is 0 Å². The Morgan fingerprint density at radius 2 is 2.11 bits per heavy atom. The average molecular weight is 251 g/mol. The fourth-order valence-corrected chi connectivity index (χ4v) is 2.87. The molecule has 1 heterocycles. The lowest BCUT2D eigenvalue weighted by molar-refractivity contribution is -0.00745. The van der Waals surface area contributed by atoms with Crippen LogP contribution in [-0.4, -0.2) is 19.8 Å². The second kappa shape index (κ2) is 5.81. The standard InChI is InChI=1S/C15H22FNO/c1-10-8-11(2)14(12(16)9-10)15(17-3)13-6-4-5-7-18-13/h8-9,13,15,17H,4-7H2,1-3H3. The summed E-state index contributed by atoms with van der Waals surface area (Å²) in [5.74, 6) is -0.124. The molecule has 2 atom stereocenters. The van der Waals surface area contributed by atoms with Crippen LogP contribution in [-0.2, 0) is 4.74 Å². The molecule has 1 aliphatic heterocycles. The van der Waals surface area contributed by atoms with Crippen LogP contribution >= 0.6 is 0 Å². The second-order valence-corrected chi connectivity index (χ2v) is 5.15. The molecule has 1 aromatic rings. The first-order valence-corrected chi connectivity index (χ1v) is 6.69. The minimum absolute atomic E-state index is 0.0501. The highest BCUT2D eigenvalue weighted by Gasteiger charge is 2.28. The van der Waals surface area contributed by atoms with Gasteiger partial charge in [-0.05, 0) is 57.4 Å². The highest BCUT2D eigenvalue weighted by Crippen LogP contribution is 2.30. The fraction of sp³-hybridized carbons (Fsp3) is 0.600. The molecular formula is C15H22FNO. The first kappa shape index (κ1) is 13.5. The van der Waals surface area contributed by atoms with E-state index in [1.54, 1.807) is 6.07 Å². The van der Waals surface area contributed by atoms with Gasteiger partial charge in [0.05, 0.1) is 12.1 Å². The molecule has 2 nitrogen and oxygen atoms in total. The minimum Gasteiger partial charge on any atom is -0.376 e. The first-order valence-electron chi connectivity index (χ1n) is 6.69. The van der Waals surface area contributed by atoms with Gasteiger partial charge >= 0.3 is 0 Å². The zero-order valence-corrected chi connectivity index (χ0v) is 11.4. The third kappa shape index (κ3) is 2.73. The molecule has 0 aromatic heterocycles. The zero-order valence-electron chi connectivity index (χ0n) is 11.4. The number of nitrogens with one attached hydrogen (secondary N) is 1. The maximum atomic E-state index is 14.2. The molecule has 100 valence electrons. The SMILES string of the molecule is CNC(c1c(C)cc(C)cc1F)C1CCCCO1. The molecule has 3 heteroatoms. The third-order valence-corrected chi connectivity index (χ3v) is 3.69. The van der Waals surface area contributed by atoms with Crippen LogP contribution in [0.15, 0.2) is 12.1 Å². The Morgan fingerprint density at radius 1 is 1.33 bits per heavy atom. The van der Waals surface area contributed by atoms with E-state index >= 15 is 0 Å². The van der Waals surface area contributed by atoms with Gasteiger partial charge in [-0.3, -0.25) is 0 Å². The quantitative estimate of drug-likeness (QED) is 0.890. The van der Waals surface area contributed by atoms with Crippen molar-refractivity contribution in [2.45, 2.75) is 45.3 Å². The van der Waals surface area contributed by atoms with E-state index in [-0.39, 0.29) is 18.0 Å². The number of halogens is 1. The van der Waals surface area contributed by atoms with E-state index < -0.39 is 0 Å². The summed E-state index contributed by atoms with van der Waals surface area (Å²) in [4.78, 5) is 0. The number of likely N-dealkylation sites (N-methyl/N-ethyl adjacent to an activating group) is 1. The van der Waals surface area contributed by atoms with Crippen molar-refractivity contribution in [1.29, 1.82) is 0 Å². The summed E-state index contributed by atoms with van der Waals surface area (Å²) in [6.07, 6.45) is 3.36. The minimum atomic E-state index is -0.124. The van der Waals surface area contributed by atoms with Crippen molar-refractivity contribution in [3.8, 4) is 0 Å². The average Bonchev–Trinajstić information content (AvgIpc) is 2.34. The van der Waals surface area contributed by atoms with Crippen LogP contribution in [0.5, 0.6) is 0 Å². The monoisotopic (exact) mass is 251 g/mol. The van der Waals surface area contributed by atoms with Crippen molar-refractivity contribution in [3.63, 3.8) is 0 Å². The molecule has 1 aromatic carbocycles. The smallest absolute Gasteiger partial charge is 0.128 e. The molecular weight excluding hydrogens is 229 g/mol. The van der Waals surface area contributed by atoms with E-state index in [0.717, 1.165) is 42.6 Å². The third-order valence-electron chi connectivity index (χ3n) is 3.69. The highest BCUT2D eigenvalue weighted by atomic mass is 19.1. The topological polar surface area (TPSA) is 21.3 Å². The van der Waals surface area contributed by atoms with Crippen LogP contribution in [0.25, 0.3) is 0 Å². The van der Waals surface area contributed by atoms with E-state index in [1.165, 1.54) is 0 Å². The second-order valence-electron chi connectivity index (χ2n) is 5.15. The summed E-state index contributed by atoms with van der Waals surface area (Å²) in [7, 11) is 1.88. The molecule has 1 aliphatic rings. The molecule has 1 N–H and O–H groups in total. The van der Waals surface area contributed by atoms with Gasteiger partial charge in [0.15, 0.2) is 0 Å². The lowest BCUT2D eigenvalue weighted by atomic mass is 9.91. The van der Waals surface area contributed by atoms with E-state index in [0.29, 0.717) is 0 Å². The Kier molecular flexibility index (Phi) is 4.36. The summed E-state index contributed by atoms with van der Waals surface area (Å²) < 4.78 is 20.0. The van der Waals surface area contributed by atoms with Crippen molar-refractivity contribution < 1.29 is 9.13 Å². The van der Waals surface area contributed by atoms with Crippen molar-refractivity contribution in [2.24, 2.45) is 0 Å². The molecule has 0 amide bonds. The number of hydrogen-bond acceptors (Lipinski definition) is 2. The molecule has 0 radical (unpaired) electrons. The van der Waals surface area contributed by atoms with Crippen LogP contribution in [0.1, 0.15) is 42.0 Å². The lowest BCUT2D eigenvalue weighted by Gasteiger charge is -2.31. The van der Waals surface area contributed by atoms with Gasteiger partial charge in [0.25, 0.3) is 0 Å². The molecule has 2 unspecified atom stereocenters. The van der Waals surface area contributed by atoms with Gasteiger partial charge < -0.3 is 10.1 Å². The predicted octanol–water partition coefficient (Wildman–Crippen LogP) is 3.27. The molecule has 1 fully saturated rings. The number of ether oxygens (including phenoxy) is 1. The van der Waals surface area contributed by atoms with Gasteiger partial charge in [0, 0.05) is 12.2 Å². The van der Waals surface area contributed by atoms with Gasteiger partial charge in [-0.1, -0.05) is 6.07 Å². The van der Waals surface area contributed by atoms with E-state index in [2.05, 4.69) is 5.32 Å². The Balaban J connectivity index is 2.32. The molecule has 0 saturated carbocycles. The lowest BCUT2D eigenvalue weighted by Crippen LogP contribution is -2.35. The maximum absolute atomic E-state index is 14.2. The van der Waals surface area contributed by atoms with Crippen LogP contribution in [0.2, 0.25) is 0 Å². The number of rotatable bonds is 3. The molecule has 0 aliphatic carbocycles. The van der Waals surface area contributed by atoms with Crippen LogP contribution in [0.3, 0.4) is 0 Å². The Bertz CT molecular complexity index is 390. The first-order chi connectivity index (χ1) is 8.63. The van der Waals surface area contributed by atoms with Gasteiger partial charge in [0.1, 0.15) is 5.82 Å². The molecule has 0 spiro atoms. The molecule has 0 bridgehead atoms. The zero-order chi connectivity index (χ0) is 13.1. The van der Waals surface area contributed by atoms with Gasteiger partial charge in [-0.25, -0.2) is 4.39 Å². The molecule has 18 heavy (non-hydrogen) atoms. The van der Waals surface area contributed by atoms with E-state index in [1.807, 2.05) is 27.0 Å². The van der Waals surface area contributed by atoms with Crippen molar-refractivity contribution in [3.05, 3.63) is 34.6 Å². The summed E-state index contributed by atoms with van der Waals surface area (Å²) in [6.45, 7) is 4.68. The van der Waals surface area contributed by atoms with Crippen LogP contribution in [0, 0.1) is 19.7 Å². The van der Waals surface area contributed by atoms with Crippen molar-refractivity contribution >= 4 is 0 Å². The molecule has 1 saturated heterocycles. The Morgan fingerprint density at radius 3 is 2.67 bits per heavy atom. The summed E-state index contributed by atoms with van der Waals surface area (Å²) in [5, 5.41) is 3.22. The number of aryl methyl sites for hydroxylation is 2. The van der Waals surface area contributed by atoms with Crippen molar-refractivity contribution in [2.75, 3.05) is 13.7 Å². The van der Waals surface area contributed by atoms with Crippen molar-refractivity contribution in [1.82, 2.24) is 5.32 Å². The number of benzene rings is 1. The van der Waals surface area contributed by atoms with E-state index in [4.69, 9.17) is 4.74 Å². The summed E-state index contributed by atoms with van der Waals surface area (Å²) >= 11 is 0. The normalized spacial score (nSPS) is 21.9. The predicted molar refractivity (Wildman–Crippen MR) is 71.3 cm³/mol. The van der Waals surface area contributed by atoms with Gasteiger partial charge in [0.2, 0.25) is 0 Å². The largest absolute Gasteiger partial charge is 0.376 e. The summed E-state index contributed by atoms with van der Waals surface area (Å²) in [6, 6.07) is 3.59. The number of hydrogen-bond donors (Lipinski definition) is 1. The molecule has 2 rings (SSSR count). The highest BCUT2D eigenvalue weighted by molar-refractivity contribution is 5.35. The Labute approximate surface area is 109 Å². The summed E-state index contributed by atoms with van der Waals surface area (Å²) in [5.41, 5.74) is 2.73.